The lowest BCUT2D eigenvalue weighted by molar-refractivity contribution is 0.794. The zero-order valence-corrected chi connectivity index (χ0v) is 14.0. The largest absolute Gasteiger partial charge is 0.369 e. The highest BCUT2D eigenvalue weighted by atomic mass is 79.9. The molecule has 0 aliphatic carbocycles. The minimum Gasteiger partial charge on any atom is -0.369 e. The van der Waals surface area contributed by atoms with Crippen LogP contribution >= 0.6 is 15.9 Å². The second-order valence-electron chi connectivity index (χ2n) is 4.70. The molecule has 0 aliphatic rings. The first kappa shape index (κ1) is 15.0. The van der Waals surface area contributed by atoms with Gasteiger partial charge in [-0.25, -0.2) is 14.6 Å². The van der Waals surface area contributed by atoms with Crippen LogP contribution in [-0.4, -0.2) is 26.3 Å². The van der Waals surface area contributed by atoms with Crippen molar-refractivity contribution in [1.29, 1.82) is 0 Å². The lowest BCUT2D eigenvalue weighted by Gasteiger charge is -2.10. The van der Waals surface area contributed by atoms with Gasteiger partial charge < -0.3 is 5.32 Å². The summed E-state index contributed by atoms with van der Waals surface area (Å²) in [6.45, 7) is 9.26. The molecule has 2 aromatic heterocycles. The number of aryl methyl sites for hydroxylation is 1. The van der Waals surface area contributed by atoms with Gasteiger partial charge in [-0.1, -0.05) is 13.8 Å². The van der Waals surface area contributed by atoms with Crippen LogP contribution in [-0.2, 0) is 6.42 Å². The van der Waals surface area contributed by atoms with Gasteiger partial charge in [0.2, 0.25) is 0 Å². The molecule has 2 rings (SSSR count). The molecule has 0 saturated carbocycles. The van der Waals surface area contributed by atoms with E-state index >= 15 is 0 Å². The maximum absolute atomic E-state index is 4.60. The van der Waals surface area contributed by atoms with Crippen molar-refractivity contribution in [2.75, 3.05) is 11.9 Å². The summed E-state index contributed by atoms with van der Waals surface area (Å²) in [5.41, 5.74) is 3.46. The van der Waals surface area contributed by atoms with Crippen molar-refractivity contribution >= 4 is 21.7 Å². The quantitative estimate of drug-likeness (QED) is 0.908. The van der Waals surface area contributed by atoms with Crippen LogP contribution in [0.25, 0.3) is 5.82 Å². The molecule has 2 aromatic rings. The van der Waals surface area contributed by atoms with Crippen molar-refractivity contribution in [2.45, 2.75) is 40.5 Å². The average molecular weight is 338 g/mol. The summed E-state index contributed by atoms with van der Waals surface area (Å²) in [5.74, 6) is 1.58. The summed E-state index contributed by atoms with van der Waals surface area (Å²) >= 11 is 3.59. The summed E-state index contributed by atoms with van der Waals surface area (Å²) in [5, 5.41) is 7.89. The predicted molar refractivity (Wildman–Crippen MR) is 84.5 cm³/mol. The topological polar surface area (TPSA) is 55.6 Å². The van der Waals surface area contributed by atoms with Gasteiger partial charge >= 0.3 is 0 Å². The molecule has 5 nitrogen and oxygen atoms in total. The molecule has 108 valence electrons. The van der Waals surface area contributed by atoms with E-state index in [0.29, 0.717) is 0 Å². The Hall–Kier alpha value is -1.43. The van der Waals surface area contributed by atoms with Crippen LogP contribution in [0, 0.1) is 13.8 Å². The lowest BCUT2D eigenvalue weighted by atomic mass is 10.1. The van der Waals surface area contributed by atoms with Crippen LogP contribution in [0.4, 0.5) is 5.82 Å². The molecule has 0 amide bonds. The first-order valence-corrected chi connectivity index (χ1v) is 7.69. The van der Waals surface area contributed by atoms with Gasteiger partial charge in [0.15, 0.2) is 5.82 Å². The van der Waals surface area contributed by atoms with E-state index in [4.69, 9.17) is 0 Å². The Morgan fingerprint density at radius 2 is 2.00 bits per heavy atom. The summed E-state index contributed by atoms with van der Waals surface area (Å²) in [4.78, 5) is 8.64. The SMILES string of the molecule is CCCNc1ncnc(-n2nc(C)c(CC)c2C)c1Br. The van der Waals surface area contributed by atoms with Gasteiger partial charge in [0, 0.05) is 12.2 Å². The van der Waals surface area contributed by atoms with Gasteiger partial charge in [0.05, 0.1) is 5.69 Å². The minimum absolute atomic E-state index is 0.777. The molecule has 0 saturated heterocycles. The molecule has 0 fully saturated rings. The molecular formula is C14H20BrN5. The van der Waals surface area contributed by atoms with E-state index in [9.17, 15) is 0 Å². The first-order valence-electron chi connectivity index (χ1n) is 6.89. The molecule has 20 heavy (non-hydrogen) atoms. The van der Waals surface area contributed by atoms with Crippen molar-refractivity contribution in [3.05, 3.63) is 27.8 Å². The third-order valence-corrected chi connectivity index (χ3v) is 4.04. The molecule has 0 spiro atoms. The van der Waals surface area contributed by atoms with Crippen molar-refractivity contribution in [3.63, 3.8) is 0 Å². The number of nitrogens with one attached hydrogen (secondary N) is 1. The summed E-state index contributed by atoms with van der Waals surface area (Å²) in [7, 11) is 0. The average Bonchev–Trinajstić information content (AvgIpc) is 2.72. The van der Waals surface area contributed by atoms with E-state index in [1.54, 1.807) is 6.33 Å². The minimum atomic E-state index is 0.777. The highest BCUT2D eigenvalue weighted by molar-refractivity contribution is 9.10. The van der Waals surface area contributed by atoms with Crippen molar-refractivity contribution in [3.8, 4) is 5.82 Å². The summed E-state index contributed by atoms with van der Waals surface area (Å²) < 4.78 is 2.73. The van der Waals surface area contributed by atoms with Crippen LogP contribution in [0.3, 0.4) is 0 Å². The zero-order valence-electron chi connectivity index (χ0n) is 12.4. The van der Waals surface area contributed by atoms with Crippen LogP contribution in [0.2, 0.25) is 0 Å². The monoisotopic (exact) mass is 337 g/mol. The normalized spacial score (nSPS) is 10.8. The maximum atomic E-state index is 4.60. The van der Waals surface area contributed by atoms with E-state index in [2.05, 4.69) is 57.1 Å². The van der Waals surface area contributed by atoms with E-state index in [0.717, 1.165) is 46.9 Å². The molecule has 0 aromatic carbocycles. The standard InChI is InChI=1S/C14H20BrN5/c1-5-7-16-13-12(15)14(18-8-17-13)20-10(4)11(6-2)9(3)19-20/h8H,5-7H2,1-4H3,(H,16,17,18). The summed E-state index contributed by atoms with van der Waals surface area (Å²) in [6.07, 6.45) is 3.59. The van der Waals surface area contributed by atoms with Gasteiger partial charge in [-0.15, -0.1) is 0 Å². The fourth-order valence-corrected chi connectivity index (χ4v) is 2.78. The van der Waals surface area contributed by atoms with E-state index in [1.165, 1.54) is 5.56 Å². The number of rotatable bonds is 5. The van der Waals surface area contributed by atoms with Crippen LogP contribution in [0.5, 0.6) is 0 Å². The van der Waals surface area contributed by atoms with Crippen molar-refractivity contribution in [1.82, 2.24) is 19.7 Å². The highest BCUT2D eigenvalue weighted by Gasteiger charge is 2.16. The number of hydrogen-bond acceptors (Lipinski definition) is 4. The Bertz CT molecular complexity index is 606. The molecule has 0 aliphatic heterocycles. The van der Waals surface area contributed by atoms with E-state index in [1.807, 2.05) is 11.6 Å². The predicted octanol–water partition coefficient (Wildman–Crippen LogP) is 3.43. The Morgan fingerprint density at radius 3 is 2.60 bits per heavy atom. The van der Waals surface area contributed by atoms with Crippen LogP contribution < -0.4 is 5.32 Å². The number of hydrogen-bond donors (Lipinski definition) is 1. The van der Waals surface area contributed by atoms with Gasteiger partial charge in [-0.2, -0.15) is 5.10 Å². The molecular weight excluding hydrogens is 318 g/mol. The second kappa shape index (κ2) is 6.35. The molecule has 0 bridgehead atoms. The fraction of sp³-hybridized carbons (Fsp3) is 0.500. The number of anilines is 1. The van der Waals surface area contributed by atoms with Gasteiger partial charge in [0.1, 0.15) is 16.6 Å². The molecule has 1 N–H and O–H groups in total. The van der Waals surface area contributed by atoms with Gasteiger partial charge in [0.25, 0.3) is 0 Å². The Labute approximate surface area is 128 Å². The van der Waals surface area contributed by atoms with E-state index in [-0.39, 0.29) is 0 Å². The van der Waals surface area contributed by atoms with Crippen LogP contribution in [0.15, 0.2) is 10.8 Å². The number of aromatic nitrogens is 4. The van der Waals surface area contributed by atoms with Gasteiger partial charge in [-0.3, -0.25) is 0 Å². The molecule has 6 heteroatoms. The highest BCUT2D eigenvalue weighted by Crippen LogP contribution is 2.27. The second-order valence-corrected chi connectivity index (χ2v) is 5.49. The Balaban J connectivity index is 2.48. The van der Waals surface area contributed by atoms with Gasteiger partial charge in [-0.05, 0) is 48.2 Å². The molecule has 0 atom stereocenters. The molecule has 0 radical (unpaired) electrons. The van der Waals surface area contributed by atoms with Crippen molar-refractivity contribution < 1.29 is 0 Å². The Morgan fingerprint density at radius 1 is 1.25 bits per heavy atom. The third-order valence-electron chi connectivity index (χ3n) is 3.31. The number of nitrogens with zero attached hydrogens (tertiary/aromatic N) is 4. The first-order chi connectivity index (χ1) is 9.60. The van der Waals surface area contributed by atoms with E-state index < -0.39 is 0 Å². The summed E-state index contributed by atoms with van der Waals surface area (Å²) in [6, 6.07) is 0. The Kier molecular flexibility index (Phi) is 4.75. The third kappa shape index (κ3) is 2.70. The molecule has 2 heterocycles. The number of halogens is 1. The fourth-order valence-electron chi connectivity index (χ4n) is 2.27. The lowest BCUT2D eigenvalue weighted by Crippen LogP contribution is -2.08. The van der Waals surface area contributed by atoms with Crippen LogP contribution in [0.1, 0.15) is 37.2 Å². The maximum Gasteiger partial charge on any atom is 0.173 e. The smallest absolute Gasteiger partial charge is 0.173 e. The molecule has 0 unspecified atom stereocenters. The van der Waals surface area contributed by atoms with Crippen molar-refractivity contribution in [2.24, 2.45) is 0 Å². The zero-order chi connectivity index (χ0) is 14.7.